The van der Waals surface area contributed by atoms with E-state index in [1.54, 1.807) is 6.20 Å². The highest BCUT2D eigenvalue weighted by Crippen LogP contribution is 2.32. The first-order valence-corrected chi connectivity index (χ1v) is 10.1. The van der Waals surface area contributed by atoms with Crippen molar-refractivity contribution in [3.05, 3.63) is 63.7 Å². The van der Waals surface area contributed by atoms with E-state index >= 15 is 0 Å². The molecule has 5 nitrogen and oxygen atoms in total. The highest BCUT2D eigenvalue weighted by atomic mass is 35.5. The van der Waals surface area contributed by atoms with Crippen LogP contribution in [0.25, 0.3) is 11.2 Å². The molecule has 2 fully saturated rings. The molecular weight excluding hydrogens is 360 g/mol. The fourth-order valence-electron chi connectivity index (χ4n) is 4.19. The molecule has 2 aliphatic rings. The lowest BCUT2D eigenvalue weighted by atomic mass is 10.2. The molecule has 1 saturated carbocycles. The number of nitrogens with zero attached hydrogens (tertiary/aromatic N) is 4. The molecule has 3 aromatic rings. The highest BCUT2D eigenvalue weighted by molar-refractivity contribution is 6.30. The lowest BCUT2D eigenvalue weighted by molar-refractivity contribution is 0.315. The first-order valence-electron chi connectivity index (χ1n) is 9.71. The van der Waals surface area contributed by atoms with Crippen molar-refractivity contribution >= 4 is 22.8 Å². The molecule has 1 saturated heterocycles. The Hall–Kier alpha value is -2.11. The minimum Gasteiger partial charge on any atom is -0.297 e. The van der Waals surface area contributed by atoms with Gasteiger partial charge in [-0.1, -0.05) is 23.7 Å². The van der Waals surface area contributed by atoms with Gasteiger partial charge in [0.05, 0.1) is 11.6 Å². The van der Waals surface area contributed by atoms with E-state index in [0.29, 0.717) is 5.92 Å². The van der Waals surface area contributed by atoms with Crippen LogP contribution in [0.1, 0.15) is 30.9 Å². The van der Waals surface area contributed by atoms with E-state index in [9.17, 15) is 4.79 Å². The quantitative estimate of drug-likeness (QED) is 0.675. The fourth-order valence-corrected chi connectivity index (χ4v) is 4.31. The van der Waals surface area contributed by atoms with Gasteiger partial charge in [0.2, 0.25) is 0 Å². The van der Waals surface area contributed by atoms with Gasteiger partial charge >= 0.3 is 5.69 Å². The van der Waals surface area contributed by atoms with E-state index in [-0.39, 0.29) is 11.7 Å². The van der Waals surface area contributed by atoms with E-state index in [0.717, 1.165) is 48.8 Å². The topological polar surface area (TPSA) is 43.1 Å². The smallest absolute Gasteiger partial charge is 0.297 e. The zero-order valence-electron chi connectivity index (χ0n) is 15.2. The largest absolute Gasteiger partial charge is 0.330 e. The Bertz CT molecular complexity index is 1020. The van der Waals surface area contributed by atoms with Crippen LogP contribution in [0.4, 0.5) is 0 Å². The Morgan fingerprint density at radius 1 is 1.11 bits per heavy atom. The van der Waals surface area contributed by atoms with Crippen molar-refractivity contribution < 1.29 is 0 Å². The molecule has 2 aromatic heterocycles. The maximum absolute atomic E-state index is 13.2. The molecule has 1 aromatic carbocycles. The normalized spacial score (nSPS) is 20.6. The minimum atomic E-state index is 0.106. The summed E-state index contributed by atoms with van der Waals surface area (Å²) < 4.78 is 3.89. The van der Waals surface area contributed by atoms with Crippen LogP contribution < -0.4 is 5.69 Å². The van der Waals surface area contributed by atoms with Gasteiger partial charge in [0.15, 0.2) is 5.65 Å². The van der Waals surface area contributed by atoms with Gasteiger partial charge in [-0.2, -0.15) is 0 Å². The standard InChI is InChI=1S/C21H23ClN4O/c22-17-7-5-15(6-8-17)12-24-11-9-18(14-24)26-20-19(2-1-10-23-20)25(21(26)27)13-16-3-4-16/h1-2,5-8,10,16,18H,3-4,9,11-14H2/t18-/m1/s1. The van der Waals surface area contributed by atoms with E-state index in [4.69, 9.17) is 11.6 Å². The number of pyridine rings is 1. The first kappa shape index (κ1) is 17.0. The van der Waals surface area contributed by atoms with Gasteiger partial charge in [0.1, 0.15) is 0 Å². The summed E-state index contributed by atoms with van der Waals surface area (Å²) in [7, 11) is 0. The lowest BCUT2D eigenvalue weighted by Gasteiger charge is -2.16. The van der Waals surface area contributed by atoms with E-state index in [1.807, 2.05) is 33.4 Å². The summed E-state index contributed by atoms with van der Waals surface area (Å²) in [6.07, 6.45) is 5.24. The summed E-state index contributed by atoms with van der Waals surface area (Å²) in [6.45, 7) is 3.58. The molecule has 3 heterocycles. The van der Waals surface area contributed by atoms with Crippen LogP contribution >= 0.6 is 11.6 Å². The molecule has 6 heteroatoms. The third kappa shape index (κ3) is 3.30. The average molecular weight is 383 g/mol. The minimum absolute atomic E-state index is 0.106. The number of aromatic nitrogens is 3. The first-order chi connectivity index (χ1) is 13.2. The van der Waals surface area contributed by atoms with Gasteiger partial charge in [0, 0.05) is 37.4 Å². The highest BCUT2D eigenvalue weighted by Gasteiger charge is 2.30. The van der Waals surface area contributed by atoms with Crippen molar-refractivity contribution in [3.63, 3.8) is 0 Å². The molecule has 0 N–H and O–H groups in total. The second kappa shape index (κ2) is 6.80. The third-order valence-corrected chi connectivity index (χ3v) is 6.04. The van der Waals surface area contributed by atoms with Gasteiger partial charge in [-0.25, -0.2) is 9.78 Å². The Balaban J connectivity index is 1.41. The Morgan fingerprint density at radius 3 is 2.70 bits per heavy atom. The van der Waals surface area contributed by atoms with Crippen LogP contribution in [0.5, 0.6) is 0 Å². The maximum Gasteiger partial charge on any atom is 0.330 e. The van der Waals surface area contributed by atoms with Crippen molar-refractivity contribution in [1.82, 2.24) is 19.0 Å². The van der Waals surface area contributed by atoms with E-state index < -0.39 is 0 Å². The molecule has 1 atom stereocenters. The Morgan fingerprint density at radius 2 is 1.93 bits per heavy atom. The summed E-state index contributed by atoms with van der Waals surface area (Å²) in [6, 6.07) is 12.2. The van der Waals surface area contributed by atoms with Crippen molar-refractivity contribution in [2.45, 2.75) is 38.4 Å². The second-order valence-corrected chi connectivity index (χ2v) is 8.29. The monoisotopic (exact) mass is 382 g/mol. The molecule has 0 spiro atoms. The molecule has 1 aliphatic carbocycles. The summed E-state index contributed by atoms with van der Waals surface area (Å²) in [5.74, 6) is 0.659. The van der Waals surface area contributed by atoms with Gasteiger partial charge in [-0.3, -0.25) is 14.0 Å². The summed E-state index contributed by atoms with van der Waals surface area (Å²) in [5, 5.41) is 0.763. The van der Waals surface area contributed by atoms with Crippen LogP contribution in [-0.2, 0) is 13.1 Å². The van der Waals surface area contributed by atoms with Crippen molar-refractivity contribution in [2.75, 3.05) is 13.1 Å². The zero-order valence-corrected chi connectivity index (χ0v) is 16.0. The fraction of sp³-hybridized carbons (Fsp3) is 0.429. The van der Waals surface area contributed by atoms with Crippen LogP contribution in [0, 0.1) is 5.92 Å². The van der Waals surface area contributed by atoms with Gasteiger partial charge < -0.3 is 0 Å². The van der Waals surface area contributed by atoms with Gasteiger partial charge in [-0.05, 0) is 55.0 Å². The molecule has 0 bridgehead atoms. The number of rotatable bonds is 5. The number of imidazole rings is 1. The molecule has 0 unspecified atom stereocenters. The Labute approximate surface area is 163 Å². The van der Waals surface area contributed by atoms with Crippen LogP contribution in [0.3, 0.4) is 0 Å². The molecule has 1 aliphatic heterocycles. The molecule has 140 valence electrons. The van der Waals surface area contributed by atoms with Crippen molar-refractivity contribution in [1.29, 1.82) is 0 Å². The predicted octanol–water partition coefficient (Wildman–Crippen LogP) is 3.71. The molecule has 0 radical (unpaired) electrons. The number of halogens is 1. The van der Waals surface area contributed by atoms with E-state index in [1.165, 1.54) is 18.4 Å². The van der Waals surface area contributed by atoms with Crippen molar-refractivity contribution in [2.24, 2.45) is 5.92 Å². The number of hydrogen-bond donors (Lipinski definition) is 0. The van der Waals surface area contributed by atoms with Crippen LogP contribution in [0.15, 0.2) is 47.4 Å². The Kier molecular flexibility index (Phi) is 4.29. The van der Waals surface area contributed by atoms with E-state index in [2.05, 4.69) is 22.0 Å². The number of hydrogen-bond acceptors (Lipinski definition) is 3. The van der Waals surface area contributed by atoms with Gasteiger partial charge in [-0.15, -0.1) is 0 Å². The maximum atomic E-state index is 13.2. The van der Waals surface area contributed by atoms with Crippen molar-refractivity contribution in [3.8, 4) is 0 Å². The molecule has 0 amide bonds. The average Bonchev–Trinajstić information content (AvgIpc) is 3.32. The number of benzene rings is 1. The zero-order chi connectivity index (χ0) is 18.4. The number of likely N-dealkylation sites (tertiary alicyclic amines) is 1. The summed E-state index contributed by atoms with van der Waals surface area (Å²) in [5.41, 5.74) is 3.17. The van der Waals surface area contributed by atoms with Crippen LogP contribution in [0.2, 0.25) is 5.02 Å². The third-order valence-electron chi connectivity index (χ3n) is 5.79. The second-order valence-electron chi connectivity index (χ2n) is 7.86. The van der Waals surface area contributed by atoms with Crippen LogP contribution in [-0.4, -0.2) is 32.1 Å². The SMILES string of the molecule is O=c1n(CC2CC2)c2cccnc2n1[C@@H]1CCN(Cc2ccc(Cl)cc2)C1. The number of fused-ring (bicyclic) bond motifs is 1. The molecular formula is C21H23ClN4O. The summed E-state index contributed by atoms with van der Waals surface area (Å²) >= 11 is 5.99. The lowest BCUT2D eigenvalue weighted by Crippen LogP contribution is -2.30. The molecule has 27 heavy (non-hydrogen) atoms. The summed E-state index contributed by atoms with van der Waals surface area (Å²) in [4.78, 5) is 20.2. The predicted molar refractivity (Wildman–Crippen MR) is 107 cm³/mol. The van der Waals surface area contributed by atoms with Gasteiger partial charge in [0.25, 0.3) is 0 Å². The molecule has 5 rings (SSSR count).